The number of hydrogen-bond acceptors (Lipinski definition) is 5. The van der Waals surface area contributed by atoms with E-state index in [2.05, 4.69) is 33.4 Å². The number of amides is 1. The Morgan fingerprint density at radius 2 is 2.04 bits per heavy atom. The highest BCUT2D eigenvalue weighted by atomic mass is 32.1. The highest BCUT2D eigenvalue weighted by Crippen LogP contribution is 2.25. The molecule has 0 atom stereocenters. The van der Waals surface area contributed by atoms with Crippen LogP contribution in [-0.2, 0) is 11.3 Å². The number of piperidine rings is 1. The third-order valence-electron chi connectivity index (χ3n) is 4.82. The molecule has 134 valence electrons. The van der Waals surface area contributed by atoms with Crippen LogP contribution in [-0.4, -0.2) is 33.9 Å². The summed E-state index contributed by atoms with van der Waals surface area (Å²) in [5, 5.41) is 4.09. The van der Waals surface area contributed by atoms with Crippen molar-refractivity contribution in [2.75, 3.05) is 18.4 Å². The lowest BCUT2D eigenvalue weighted by Gasteiger charge is -2.30. The standard InChI is InChI=1S/C20H22N4OS/c1-14-6-7-18(21-12-14)23-20(25)15-8-10-24(11-9-15)13-19-22-16-4-2-3-5-17(16)26-19/h2-7,12,15H,8-11,13H2,1H3,(H,21,23,25). The van der Waals surface area contributed by atoms with Gasteiger partial charge in [0.1, 0.15) is 10.8 Å². The van der Waals surface area contributed by atoms with Gasteiger partial charge in [-0.1, -0.05) is 18.2 Å². The van der Waals surface area contributed by atoms with Crippen LogP contribution in [0.3, 0.4) is 0 Å². The lowest BCUT2D eigenvalue weighted by atomic mass is 9.96. The van der Waals surface area contributed by atoms with Gasteiger partial charge in [-0.2, -0.15) is 0 Å². The Morgan fingerprint density at radius 1 is 1.23 bits per heavy atom. The molecule has 0 saturated carbocycles. The van der Waals surface area contributed by atoms with E-state index >= 15 is 0 Å². The summed E-state index contributed by atoms with van der Waals surface area (Å²) in [7, 11) is 0. The highest BCUT2D eigenvalue weighted by Gasteiger charge is 2.25. The summed E-state index contributed by atoms with van der Waals surface area (Å²) < 4.78 is 1.24. The van der Waals surface area contributed by atoms with Crippen LogP contribution in [0, 0.1) is 12.8 Å². The molecule has 1 N–H and O–H groups in total. The molecule has 1 saturated heterocycles. The van der Waals surface area contributed by atoms with Gasteiger partial charge >= 0.3 is 0 Å². The van der Waals surface area contributed by atoms with Crippen molar-refractivity contribution >= 4 is 33.3 Å². The molecule has 0 unspecified atom stereocenters. The lowest BCUT2D eigenvalue weighted by Crippen LogP contribution is -2.37. The molecule has 0 aliphatic carbocycles. The zero-order valence-electron chi connectivity index (χ0n) is 14.8. The largest absolute Gasteiger partial charge is 0.310 e. The molecule has 26 heavy (non-hydrogen) atoms. The number of likely N-dealkylation sites (tertiary alicyclic amines) is 1. The van der Waals surface area contributed by atoms with Crippen LogP contribution in [0.2, 0.25) is 0 Å². The maximum atomic E-state index is 12.5. The van der Waals surface area contributed by atoms with Crippen molar-refractivity contribution in [1.29, 1.82) is 0 Å². The average Bonchev–Trinajstić information content (AvgIpc) is 3.06. The van der Waals surface area contributed by atoms with Gasteiger partial charge in [0, 0.05) is 12.1 Å². The molecule has 1 amide bonds. The Hall–Kier alpha value is -2.31. The zero-order chi connectivity index (χ0) is 17.9. The first-order valence-electron chi connectivity index (χ1n) is 8.98. The number of hydrogen-bond donors (Lipinski definition) is 1. The van der Waals surface area contributed by atoms with Gasteiger partial charge in [0.05, 0.1) is 16.8 Å². The van der Waals surface area contributed by atoms with E-state index in [0.29, 0.717) is 5.82 Å². The molecule has 6 heteroatoms. The van der Waals surface area contributed by atoms with Crippen molar-refractivity contribution < 1.29 is 4.79 Å². The SMILES string of the molecule is Cc1ccc(NC(=O)C2CCN(Cc3nc4ccccc4s3)CC2)nc1. The van der Waals surface area contributed by atoms with Crippen LogP contribution in [0.25, 0.3) is 10.2 Å². The van der Waals surface area contributed by atoms with Crippen LogP contribution < -0.4 is 5.32 Å². The number of aryl methyl sites for hydroxylation is 1. The fourth-order valence-electron chi connectivity index (χ4n) is 3.30. The molecule has 3 aromatic rings. The summed E-state index contributed by atoms with van der Waals surface area (Å²) in [6.07, 6.45) is 3.53. The van der Waals surface area contributed by atoms with Gasteiger partial charge < -0.3 is 5.32 Å². The molecule has 1 aliphatic heterocycles. The number of para-hydroxylation sites is 1. The number of anilines is 1. The van der Waals surface area contributed by atoms with Gasteiger partial charge in [0.2, 0.25) is 5.91 Å². The number of thiazole rings is 1. The molecule has 4 rings (SSSR count). The molecule has 0 radical (unpaired) electrons. The minimum atomic E-state index is 0.0599. The topological polar surface area (TPSA) is 58.1 Å². The van der Waals surface area contributed by atoms with Crippen LogP contribution in [0.15, 0.2) is 42.6 Å². The van der Waals surface area contributed by atoms with Crippen LogP contribution in [0.4, 0.5) is 5.82 Å². The second-order valence-corrected chi connectivity index (χ2v) is 7.95. The lowest BCUT2D eigenvalue weighted by molar-refractivity contribution is -0.121. The Labute approximate surface area is 157 Å². The Morgan fingerprint density at radius 3 is 2.77 bits per heavy atom. The predicted octanol–water partition coefficient (Wildman–Crippen LogP) is 3.85. The third-order valence-corrected chi connectivity index (χ3v) is 5.84. The molecular weight excluding hydrogens is 344 g/mol. The van der Waals surface area contributed by atoms with E-state index in [1.54, 1.807) is 17.5 Å². The molecule has 1 fully saturated rings. The van der Waals surface area contributed by atoms with Gasteiger partial charge in [0.15, 0.2) is 0 Å². The van der Waals surface area contributed by atoms with E-state index < -0.39 is 0 Å². The first-order chi connectivity index (χ1) is 12.7. The summed E-state index contributed by atoms with van der Waals surface area (Å²) in [6, 6.07) is 12.1. The second-order valence-electron chi connectivity index (χ2n) is 6.84. The number of fused-ring (bicyclic) bond motifs is 1. The average molecular weight is 366 g/mol. The van der Waals surface area contributed by atoms with Gasteiger partial charge in [-0.15, -0.1) is 11.3 Å². The summed E-state index contributed by atoms with van der Waals surface area (Å²) >= 11 is 1.76. The normalized spacial score (nSPS) is 16.0. The number of pyridine rings is 1. The summed E-state index contributed by atoms with van der Waals surface area (Å²) in [6.45, 7) is 4.71. The first-order valence-corrected chi connectivity index (χ1v) is 9.79. The smallest absolute Gasteiger partial charge is 0.228 e. The van der Waals surface area contributed by atoms with Crippen LogP contribution >= 0.6 is 11.3 Å². The fourth-order valence-corrected chi connectivity index (χ4v) is 4.31. The minimum Gasteiger partial charge on any atom is -0.310 e. The van der Waals surface area contributed by atoms with Crippen molar-refractivity contribution in [3.8, 4) is 0 Å². The summed E-state index contributed by atoms with van der Waals surface area (Å²) in [5.74, 6) is 0.781. The van der Waals surface area contributed by atoms with Gasteiger partial charge in [-0.3, -0.25) is 9.69 Å². The van der Waals surface area contributed by atoms with Crippen LogP contribution in [0.5, 0.6) is 0 Å². The molecule has 3 heterocycles. The number of nitrogens with zero attached hydrogens (tertiary/aromatic N) is 3. The maximum Gasteiger partial charge on any atom is 0.228 e. The fraction of sp³-hybridized carbons (Fsp3) is 0.350. The monoisotopic (exact) mass is 366 g/mol. The van der Waals surface area contributed by atoms with Crippen molar-refractivity contribution in [2.24, 2.45) is 5.92 Å². The molecule has 1 aromatic carbocycles. The second kappa shape index (κ2) is 7.51. The van der Waals surface area contributed by atoms with Crippen molar-refractivity contribution in [2.45, 2.75) is 26.3 Å². The summed E-state index contributed by atoms with van der Waals surface area (Å²) in [5.41, 5.74) is 2.17. The number of benzene rings is 1. The Balaban J connectivity index is 1.30. The highest BCUT2D eigenvalue weighted by molar-refractivity contribution is 7.18. The van der Waals surface area contributed by atoms with Crippen molar-refractivity contribution in [3.05, 3.63) is 53.2 Å². The number of aromatic nitrogens is 2. The molecule has 2 aromatic heterocycles. The van der Waals surface area contributed by atoms with E-state index in [1.807, 2.05) is 25.1 Å². The first kappa shape index (κ1) is 17.1. The van der Waals surface area contributed by atoms with Crippen molar-refractivity contribution in [3.63, 3.8) is 0 Å². The molecule has 5 nitrogen and oxygen atoms in total. The van der Waals surface area contributed by atoms with Crippen molar-refractivity contribution in [1.82, 2.24) is 14.9 Å². The van der Waals surface area contributed by atoms with Gasteiger partial charge in [-0.25, -0.2) is 9.97 Å². The number of carbonyl (C=O) groups is 1. The molecular formula is C20H22N4OS. The number of rotatable bonds is 4. The molecule has 1 aliphatic rings. The number of nitrogens with one attached hydrogen (secondary N) is 1. The summed E-state index contributed by atoms with van der Waals surface area (Å²) in [4.78, 5) is 23.8. The third kappa shape index (κ3) is 3.92. The van der Waals surface area contributed by atoms with E-state index in [-0.39, 0.29) is 11.8 Å². The van der Waals surface area contributed by atoms with Gasteiger partial charge in [-0.05, 0) is 56.6 Å². The Bertz CT molecular complexity index is 865. The minimum absolute atomic E-state index is 0.0599. The van der Waals surface area contributed by atoms with E-state index in [4.69, 9.17) is 4.98 Å². The van der Waals surface area contributed by atoms with E-state index in [0.717, 1.165) is 48.6 Å². The predicted molar refractivity (Wildman–Crippen MR) is 105 cm³/mol. The quantitative estimate of drug-likeness (QED) is 0.762. The van der Waals surface area contributed by atoms with E-state index in [1.165, 1.54) is 4.70 Å². The van der Waals surface area contributed by atoms with Gasteiger partial charge in [0.25, 0.3) is 0 Å². The van der Waals surface area contributed by atoms with E-state index in [9.17, 15) is 4.79 Å². The maximum absolute atomic E-state index is 12.5. The number of carbonyl (C=O) groups excluding carboxylic acids is 1. The molecule has 0 bridgehead atoms. The molecule has 0 spiro atoms. The Kier molecular flexibility index (Phi) is 4.95. The van der Waals surface area contributed by atoms with Crippen LogP contribution in [0.1, 0.15) is 23.4 Å². The zero-order valence-corrected chi connectivity index (χ0v) is 15.6.